The van der Waals surface area contributed by atoms with Crippen molar-refractivity contribution in [2.75, 3.05) is 0 Å². The number of fused-ring (bicyclic) bond motifs is 12. The van der Waals surface area contributed by atoms with Crippen molar-refractivity contribution in [1.29, 1.82) is 0 Å². The maximum Gasteiger partial charge on any atom is 0.235 e. The molecular formula is C50H29N3O. The number of hydrogen-bond acceptors (Lipinski definition) is 3. The van der Waals surface area contributed by atoms with Crippen LogP contribution in [0.1, 0.15) is 0 Å². The molecule has 12 aromatic rings. The Morgan fingerprint density at radius 3 is 1.85 bits per heavy atom. The third kappa shape index (κ3) is 4.13. The van der Waals surface area contributed by atoms with Crippen LogP contribution >= 0.6 is 0 Å². The molecule has 0 amide bonds. The van der Waals surface area contributed by atoms with Crippen LogP contribution in [0, 0.1) is 0 Å². The molecule has 12 rings (SSSR count). The molecule has 0 aliphatic carbocycles. The van der Waals surface area contributed by atoms with Gasteiger partial charge in [-0.05, 0) is 79.8 Å². The van der Waals surface area contributed by atoms with Gasteiger partial charge in [-0.2, -0.15) is 0 Å². The third-order valence-corrected chi connectivity index (χ3v) is 11.2. The molecule has 0 atom stereocenters. The number of aromatic nitrogens is 3. The summed E-state index contributed by atoms with van der Waals surface area (Å²) in [6.07, 6.45) is 0. The van der Waals surface area contributed by atoms with Crippen LogP contribution < -0.4 is 0 Å². The van der Waals surface area contributed by atoms with Crippen molar-refractivity contribution in [2.24, 2.45) is 0 Å². The van der Waals surface area contributed by atoms with Gasteiger partial charge >= 0.3 is 0 Å². The first-order valence-corrected chi connectivity index (χ1v) is 18.3. The van der Waals surface area contributed by atoms with Crippen molar-refractivity contribution in [3.05, 3.63) is 176 Å². The number of hydrogen-bond donors (Lipinski definition) is 0. The maximum atomic E-state index is 6.73. The van der Waals surface area contributed by atoms with Crippen molar-refractivity contribution >= 4 is 87.0 Å². The minimum absolute atomic E-state index is 0.621. The lowest BCUT2D eigenvalue weighted by Crippen LogP contribution is -2.03. The van der Waals surface area contributed by atoms with Crippen LogP contribution in [0.25, 0.3) is 115 Å². The van der Waals surface area contributed by atoms with E-state index in [-0.39, 0.29) is 0 Å². The van der Waals surface area contributed by atoms with Gasteiger partial charge in [0.15, 0.2) is 0 Å². The van der Waals surface area contributed by atoms with Gasteiger partial charge in [-0.1, -0.05) is 140 Å². The van der Waals surface area contributed by atoms with Crippen molar-refractivity contribution < 1.29 is 4.42 Å². The van der Waals surface area contributed by atoms with Gasteiger partial charge < -0.3 is 4.42 Å². The third-order valence-electron chi connectivity index (χ3n) is 11.2. The molecule has 0 spiro atoms. The Kier molecular flexibility index (Phi) is 6.02. The molecule has 0 saturated heterocycles. The highest BCUT2D eigenvalue weighted by Crippen LogP contribution is 2.43. The zero-order chi connectivity index (χ0) is 35.3. The number of benzene rings is 9. The molecule has 4 nitrogen and oxygen atoms in total. The minimum Gasteiger partial charge on any atom is -0.455 e. The topological polar surface area (TPSA) is 43.9 Å². The van der Waals surface area contributed by atoms with E-state index in [4.69, 9.17) is 14.4 Å². The van der Waals surface area contributed by atoms with Gasteiger partial charge in [0, 0.05) is 32.5 Å². The zero-order valence-corrected chi connectivity index (χ0v) is 29.0. The monoisotopic (exact) mass is 687 g/mol. The molecule has 0 aliphatic rings. The number of para-hydroxylation sites is 2. The van der Waals surface area contributed by atoms with E-state index in [0.717, 1.165) is 60.5 Å². The van der Waals surface area contributed by atoms with Crippen LogP contribution in [0.15, 0.2) is 180 Å². The first-order chi connectivity index (χ1) is 26.8. The first kappa shape index (κ1) is 29.3. The van der Waals surface area contributed by atoms with Crippen LogP contribution in [0.5, 0.6) is 0 Å². The summed E-state index contributed by atoms with van der Waals surface area (Å²) < 4.78 is 8.98. The van der Waals surface area contributed by atoms with Crippen LogP contribution in [0.3, 0.4) is 0 Å². The van der Waals surface area contributed by atoms with Crippen LogP contribution in [-0.2, 0) is 0 Å². The Balaban J connectivity index is 1.16. The van der Waals surface area contributed by atoms with Crippen LogP contribution in [-0.4, -0.2) is 14.5 Å². The molecule has 3 aromatic heterocycles. The molecule has 3 heterocycles. The molecule has 0 N–H and O–H groups in total. The van der Waals surface area contributed by atoms with Gasteiger partial charge in [-0.15, -0.1) is 0 Å². The van der Waals surface area contributed by atoms with Gasteiger partial charge in [0.25, 0.3) is 0 Å². The van der Waals surface area contributed by atoms with Crippen molar-refractivity contribution in [1.82, 2.24) is 14.5 Å². The average Bonchev–Trinajstić information content (AvgIpc) is 3.79. The molecule has 4 heteroatoms. The Morgan fingerprint density at radius 2 is 1.02 bits per heavy atom. The van der Waals surface area contributed by atoms with Gasteiger partial charge in [0.05, 0.1) is 22.2 Å². The number of furan rings is 1. The lowest BCUT2D eigenvalue weighted by atomic mass is 9.96. The summed E-state index contributed by atoms with van der Waals surface area (Å²) in [5.41, 5.74) is 8.86. The average molecular weight is 688 g/mol. The van der Waals surface area contributed by atoms with E-state index < -0.39 is 0 Å². The summed E-state index contributed by atoms with van der Waals surface area (Å²) in [5.74, 6) is 0.621. The SMILES string of the molecule is c1ccc2c(-c3ccc4c(c3)c3c5ccccc5ccc3n4-c3nc(-c4cccc5c4oc4ccc6ccccc6c45)c4ccccc4n3)cccc2c1. The molecule has 0 aliphatic heterocycles. The van der Waals surface area contributed by atoms with E-state index in [1.807, 2.05) is 6.07 Å². The standard InChI is InChI=1S/C50H29N3O/c1-4-15-34-30(11-1)14-9-19-35(34)33-24-26-43-41(29-33)46-36-16-5-2-12-31(36)23-27-44(46)53(43)50-51-42-22-8-7-18-38(42)48(52-50)40-21-10-20-39-47-37-17-6-3-13-32(37)25-28-45(47)54-49(39)40/h1-29H. The quantitative estimate of drug-likeness (QED) is 0.186. The van der Waals surface area contributed by atoms with E-state index in [9.17, 15) is 0 Å². The van der Waals surface area contributed by atoms with E-state index >= 15 is 0 Å². The molecule has 0 radical (unpaired) electrons. The minimum atomic E-state index is 0.621. The molecule has 250 valence electrons. The fourth-order valence-corrected chi connectivity index (χ4v) is 8.77. The smallest absolute Gasteiger partial charge is 0.235 e. The second-order valence-corrected chi connectivity index (χ2v) is 14.1. The van der Waals surface area contributed by atoms with Gasteiger partial charge in [-0.25, -0.2) is 9.97 Å². The zero-order valence-electron chi connectivity index (χ0n) is 29.0. The lowest BCUT2D eigenvalue weighted by molar-refractivity contribution is 0.670. The molecular weight excluding hydrogens is 659 g/mol. The Bertz CT molecular complexity index is 3510. The Morgan fingerprint density at radius 1 is 0.407 bits per heavy atom. The highest BCUT2D eigenvalue weighted by Gasteiger charge is 2.22. The largest absolute Gasteiger partial charge is 0.455 e. The van der Waals surface area contributed by atoms with E-state index in [2.05, 4.69) is 174 Å². The summed E-state index contributed by atoms with van der Waals surface area (Å²) in [5, 5.41) is 12.8. The Hall–Kier alpha value is -7.30. The predicted octanol–water partition coefficient (Wildman–Crippen LogP) is 13.4. The fraction of sp³-hybridized carbons (Fsp3) is 0. The molecule has 0 unspecified atom stereocenters. The highest BCUT2D eigenvalue weighted by atomic mass is 16.3. The summed E-state index contributed by atoms with van der Waals surface area (Å²) in [6, 6.07) is 62.5. The van der Waals surface area contributed by atoms with Gasteiger partial charge in [0.2, 0.25) is 5.95 Å². The predicted molar refractivity (Wildman–Crippen MR) is 225 cm³/mol. The van der Waals surface area contributed by atoms with Gasteiger partial charge in [-0.3, -0.25) is 4.57 Å². The van der Waals surface area contributed by atoms with Gasteiger partial charge in [0.1, 0.15) is 11.2 Å². The normalized spacial score (nSPS) is 12.1. The van der Waals surface area contributed by atoms with Crippen LogP contribution in [0.2, 0.25) is 0 Å². The van der Waals surface area contributed by atoms with Crippen molar-refractivity contribution in [3.63, 3.8) is 0 Å². The summed E-state index contributed by atoms with van der Waals surface area (Å²) in [4.78, 5) is 10.8. The number of rotatable bonds is 3. The second-order valence-electron chi connectivity index (χ2n) is 14.1. The van der Waals surface area contributed by atoms with E-state index in [1.165, 1.54) is 48.8 Å². The molecule has 54 heavy (non-hydrogen) atoms. The second kappa shape index (κ2) is 11.1. The maximum absolute atomic E-state index is 6.73. The number of nitrogens with zero attached hydrogens (tertiary/aromatic N) is 3. The summed E-state index contributed by atoms with van der Waals surface area (Å²) in [6.45, 7) is 0. The molecule has 0 fully saturated rings. The highest BCUT2D eigenvalue weighted by molar-refractivity contribution is 6.23. The molecule has 0 saturated carbocycles. The van der Waals surface area contributed by atoms with Crippen molar-refractivity contribution in [3.8, 4) is 28.3 Å². The fourth-order valence-electron chi connectivity index (χ4n) is 8.77. The first-order valence-electron chi connectivity index (χ1n) is 18.3. The Labute approximate surface area is 309 Å². The van der Waals surface area contributed by atoms with E-state index in [0.29, 0.717) is 5.95 Å². The molecule has 9 aromatic carbocycles. The molecule has 0 bridgehead atoms. The van der Waals surface area contributed by atoms with E-state index in [1.54, 1.807) is 0 Å². The lowest BCUT2D eigenvalue weighted by Gasteiger charge is -2.12. The summed E-state index contributed by atoms with van der Waals surface area (Å²) >= 11 is 0. The van der Waals surface area contributed by atoms with Crippen LogP contribution in [0.4, 0.5) is 0 Å². The summed E-state index contributed by atoms with van der Waals surface area (Å²) in [7, 11) is 0. The van der Waals surface area contributed by atoms with Crippen molar-refractivity contribution in [2.45, 2.75) is 0 Å².